The van der Waals surface area contributed by atoms with Gasteiger partial charge in [-0.1, -0.05) is 12.1 Å². The number of carbonyl (C=O) groups excluding carboxylic acids is 1. The fourth-order valence-electron chi connectivity index (χ4n) is 2.52. The van der Waals surface area contributed by atoms with Gasteiger partial charge >= 0.3 is 0 Å². The highest BCUT2D eigenvalue weighted by Gasteiger charge is 2.29. The zero-order valence-electron chi connectivity index (χ0n) is 11.1. The maximum Gasteiger partial charge on any atom is 0.227 e. The number of rotatable bonds is 4. The van der Waals surface area contributed by atoms with E-state index in [1.807, 2.05) is 41.2 Å². The van der Waals surface area contributed by atoms with Gasteiger partial charge in [0.05, 0.1) is 6.54 Å². The van der Waals surface area contributed by atoms with Crippen molar-refractivity contribution in [3.63, 3.8) is 0 Å². The largest absolute Gasteiger partial charge is 0.396 e. The summed E-state index contributed by atoms with van der Waals surface area (Å²) < 4.78 is 1.86. The van der Waals surface area contributed by atoms with Gasteiger partial charge in [-0.05, 0) is 23.8 Å². The SMILES string of the molecule is O=C1CC(CO)CN1c1ccc(Cn2cccn2)cc1. The van der Waals surface area contributed by atoms with Crippen LogP contribution in [0.5, 0.6) is 0 Å². The predicted molar refractivity (Wildman–Crippen MR) is 75.3 cm³/mol. The van der Waals surface area contributed by atoms with Gasteiger partial charge in [0, 0.05) is 43.6 Å². The molecule has 5 nitrogen and oxygen atoms in total. The first-order chi connectivity index (χ1) is 9.76. The van der Waals surface area contributed by atoms with Gasteiger partial charge in [-0.15, -0.1) is 0 Å². The van der Waals surface area contributed by atoms with E-state index >= 15 is 0 Å². The Hall–Kier alpha value is -2.14. The number of benzene rings is 1. The van der Waals surface area contributed by atoms with Gasteiger partial charge in [-0.2, -0.15) is 5.10 Å². The molecule has 0 bridgehead atoms. The van der Waals surface area contributed by atoms with Crippen LogP contribution in [0.1, 0.15) is 12.0 Å². The monoisotopic (exact) mass is 271 g/mol. The molecule has 1 aliphatic rings. The first-order valence-corrected chi connectivity index (χ1v) is 6.74. The average Bonchev–Trinajstić information content (AvgIpc) is 3.09. The molecule has 1 amide bonds. The molecule has 1 N–H and O–H groups in total. The molecule has 0 spiro atoms. The van der Waals surface area contributed by atoms with Gasteiger partial charge < -0.3 is 10.0 Å². The van der Waals surface area contributed by atoms with Crippen LogP contribution >= 0.6 is 0 Å². The van der Waals surface area contributed by atoms with Crippen LogP contribution in [-0.2, 0) is 11.3 Å². The Bertz CT molecular complexity index is 578. The third-order valence-corrected chi connectivity index (χ3v) is 3.62. The molecule has 5 heteroatoms. The predicted octanol–water partition coefficient (Wildman–Crippen LogP) is 1.28. The summed E-state index contributed by atoms with van der Waals surface area (Å²) >= 11 is 0. The van der Waals surface area contributed by atoms with Crippen molar-refractivity contribution in [3.8, 4) is 0 Å². The van der Waals surface area contributed by atoms with Crippen LogP contribution in [0.4, 0.5) is 5.69 Å². The van der Waals surface area contributed by atoms with Crippen molar-refractivity contribution in [1.29, 1.82) is 0 Å². The molecule has 2 aromatic rings. The topological polar surface area (TPSA) is 58.4 Å². The molecule has 1 fully saturated rings. The Kier molecular flexibility index (Phi) is 3.52. The molecule has 2 heterocycles. The lowest BCUT2D eigenvalue weighted by Gasteiger charge is -2.16. The summed E-state index contributed by atoms with van der Waals surface area (Å²) in [5.74, 6) is 0.148. The van der Waals surface area contributed by atoms with Crippen LogP contribution in [0.3, 0.4) is 0 Å². The lowest BCUT2D eigenvalue weighted by molar-refractivity contribution is -0.117. The Morgan fingerprint density at radius 2 is 2.10 bits per heavy atom. The number of hydrogen-bond acceptors (Lipinski definition) is 3. The summed E-state index contributed by atoms with van der Waals surface area (Å²) in [5.41, 5.74) is 2.04. The number of nitrogens with zero attached hydrogens (tertiary/aromatic N) is 3. The Labute approximate surface area is 117 Å². The molecule has 1 saturated heterocycles. The molecule has 1 aliphatic heterocycles. The number of aliphatic hydroxyl groups excluding tert-OH is 1. The minimum absolute atomic E-state index is 0.0613. The molecule has 3 rings (SSSR count). The first-order valence-electron chi connectivity index (χ1n) is 6.74. The smallest absolute Gasteiger partial charge is 0.227 e. The highest BCUT2D eigenvalue weighted by Crippen LogP contribution is 2.25. The molecular weight excluding hydrogens is 254 g/mol. The summed E-state index contributed by atoms with van der Waals surface area (Å²) in [4.78, 5) is 13.6. The Morgan fingerprint density at radius 3 is 2.70 bits per heavy atom. The van der Waals surface area contributed by atoms with E-state index in [4.69, 9.17) is 5.11 Å². The Balaban J connectivity index is 1.71. The summed E-state index contributed by atoms with van der Waals surface area (Å²) in [5, 5.41) is 13.3. The maximum atomic E-state index is 11.9. The molecule has 1 atom stereocenters. The molecule has 1 aromatic carbocycles. The molecule has 104 valence electrons. The molecule has 0 aliphatic carbocycles. The fraction of sp³-hybridized carbons (Fsp3) is 0.333. The number of aliphatic hydroxyl groups is 1. The number of aromatic nitrogens is 2. The van der Waals surface area contributed by atoms with Crippen LogP contribution in [0.15, 0.2) is 42.7 Å². The van der Waals surface area contributed by atoms with Crippen LogP contribution in [0.25, 0.3) is 0 Å². The molecule has 20 heavy (non-hydrogen) atoms. The molecule has 0 saturated carbocycles. The van der Waals surface area contributed by atoms with Gasteiger partial charge in [-0.25, -0.2) is 0 Å². The van der Waals surface area contributed by atoms with E-state index in [0.29, 0.717) is 13.0 Å². The maximum absolute atomic E-state index is 11.9. The minimum atomic E-state index is 0.0613. The van der Waals surface area contributed by atoms with Gasteiger partial charge in [0.2, 0.25) is 5.91 Å². The summed E-state index contributed by atoms with van der Waals surface area (Å²) in [6.45, 7) is 1.40. The third-order valence-electron chi connectivity index (χ3n) is 3.62. The van der Waals surface area contributed by atoms with Gasteiger partial charge in [0.25, 0.3) is 0 Å². The van der Waals surface area contributed by atoms with Gasteiger partial charge in [0.1, 0.15) is 0 Å². The van der Waals surface area contributed by atoms with E-state index in [-0.39, 0.29) is 18.4 Å². The second-order valence-electron chi connectivity index (χ2n) is 5.13. The molecule has 1 aromatic heterocycles. The highest BCUT2D eigenvalue weighted by molar-refractivity contribution is 5.95. The normalized spacial score (nSPS) is 18.8. The van der Waals surface area contributed by atoms with Crippen molar-refractivity contribution in [2.24, 2.45) is 5.92 Å². The van der Waals surface area contributed by atoms with Crippen LogP contribution in [0.2, 0.25) is 0 Å². The number of anilines is 1. The van der Waals surface area contributed by atoms with E-state index in [9.17, 15) is 4.79 Å². The minimum Gasteiger partial charge on any atom is -0.396 e. The van der Waals surface area contributed by atoms with E-state index < -0.39 is 0 Å². The van der Waals surface area contributed by atoms with Crippen LogP contribution in [-0.4, -0.2) is 33.9 Å². The van der Waals surface area contributed by atoms with Gasteiger partial charge in [0.15, 0.2) is 0 Å². The summed E-state index contributed by atoms with van der Waals surface area (Å²) in [6.07, 6.45) is 4.11. The van der Waals surface area contributed by atoms with E-state index in [2.05, 4.69) is 5.10 Å². The third kappa shape index (κ3) is 2.58. The summed E-state index contributed by atoms with van der Waals surface area (Å²) in [7, 11) is 0. The van der Waals surface area contributed by atoms with Crippen molar-refractivity contribution in [1.82, 2.24) is 9.78 Å². The standard InChI is InChI=1S/C15H17N3O2/c19-11-13-8-15(20)18(10-13)14-4-2-12(3-5-14)9-17-7-1-6-16-17/h1-7,13,19H,8-11H2. The zero-order chi connectivity index (χ0) is 13.9. The van der Waals surface area contributed by atoms with Crippen molar-refractivity contribution in [3.05, 3.63) is 48.3 Å². The van der Waals surface area contributed by atoms with E-state index in [0.717, 1.165) is 17.8 Å². The molecule has 0 radical (unpaired) electrons. The lowest BCUT2D eigenvalue weighted by atomic mass is 10.1. The van der Waals surface area contributed by atoms with Crippen LogP contribution in [0, 0.1) is 5.92 Å². The second kappa shape index (κ2) is 5.46. The summed E-state index contributed by atoms with van der Waals surface area (Å²) in [6, 6.07) is 9.83. The zero-order valence-corrected chi connectivity index (χ0v) is 11.1. The number of amides is 1. The molecule has 1 unspecified atom stereocenters. The highest BCUT2D eigenvalue weighted by atomic mass is 16.3. The average molecular weight is 271 g/mol. The van der Waals surface area contributed by atoms with Gasteiger partial charge in [-0.3, -0.25) is 9.48 Å². The fourth-order valence-corrected chi connectivity index (χ4v) is 2.52. The van der Waals surface area contributed by atoms with Crippen molar-refractivity contribution < 1.29 is 9.90 Å². The van der Waals surface area contributed by atoms with Crippen molar-refractivity contribution >= 4 is 11.6 Å². The van der Waals surface area contributed by atoms with Crippen molar-refractivity contribution in [2.45, 2.75) is 13.0 Å². The second-order valence-corrected chi connectivity index (χ2v) is 5.13. The van der Waals surface area contributed by atoms with E-state index in [1.54, 1.807) is 11.1 Å². The van der Waals surface area contributed by atoms with Crippen molar-refractivity contribution in [2.75, 3.05) is 18.1 Å². The number of hydrogen-bond donors (Lipinski definition) is 1. The van der Waals surface area contributed by atoms with E-state index in [1.165, 1.54) is 0 Å². The number of carbonyl (C=O) groups is 1. The quantitative estimate of drug-likeness (QED) is 0.911. The lowest BCUT2D eigenvalue weighted by Crippen LogP contribution is -2.24. The van der Waals surface area contributed by atoms with Crippen LogP contribution < -0.4 is 4.90 Å². The Morgan fingerprint density at radius 1 is 1.30 bits per heavy atom. The first kappa shape index (κ1) is 12.9. The molecular formula is C15H17N3O2.